The fraction of sp³-hybridized carbons (Fsp3) is 0.0714. The molecular weight excluding hydrogens is 278 g/mol. The number of carbonyl (C=O) groups is 1. The van der Waals surface area contributed by atoms with Crippen molar-refractivity contribution in [1.29, 1.82) is 0 Å². The van der Waals surface area contributed by atoms with E-state index in [0.29, 0.717) is 22.1 Å². The Morgan fingerprint density at radius 3 is 2.80 bits per heavy atom. The van der Waals surface area contributed by atoms with Crippen LogP contribution in [0, 0.1) is 0 Å². The first kappa shape index (κ1) is 12.6. The number of carbonyl (C=O) groups excluding carboxylic acids is 1. The first-order valence-corrected chi connectivity index (χ1v) is 6.33. The third kappa shape index (κ3) is 2.23. The van der Waals surface area contributed by atoms with Gasteiger partial charge < -0.3 is 5.11 Å². The van der Waals surface area contributed by atoms with Gasteiger partial charge in [0.25, 0.3) is 5.91 Å². The van der Waals surface area contributed by atoms with Crippen molar-refractivity contribution in [2.45, 2.75) is 6.42 Å². The Labute approximate surface area is 120 Å². The minimum atomic E-state index is -0.210. The molecule has 0 unspecified atom stereocenters. The molecule has 1 aromatic carbocycles. The third-order valence-electron chi connectivity index (χ3n) is 2.92. The molecule has 1 N–H and O–H groups in total. The summed E-state index contributed by atoms with van der Waals surface area (Å²) in [5, 5.41) is 15.7. The molecule has 5 nitrogen and oxygen atoms in total. The number of amides is 1. The van der Waals surface area contributed by atoms with Crippen molar-refractivity contribution in [2.24, 2.45) is 5.10 Å². The smallest absolute Gasteiger partial charge is 0.254 e. The van der Waals surface area contributed by atoms with E-state index in [1.165, 1.54) is 11.2 Å². The summed E-state index contributed by atoms with van der Waals surface area (Å²) in [5.41, 5.74) is 1.06. The van der Waals surface area contributed by atoms with Crippen LogP contribution < -0.4 is 5.01 Å². The molecule has 1 amide bonds. The largest absolute Gasteiger partial charge is 0.507 e. The highest BCUT2D eigenvalue weighted by atomic mass is 35.5. The Morgan fingerprint density at radius 1 is 1.25 bits per heavy atom. The molecule has 2 aromatic rings. The average Bonchev–Trinajstić information content (AvgIpc) is 2.81. The maximum absolute atomic E-state index is 12.0. The van der Waals surface area contributed by atoms with Crippen molar-refractivity contribution in [3.05, 3.63) is 53.2 Å². The molecule has 100 valence electrons. The number of hydrogen-bond donors (Lipinski definition) is 1. The number of hydrazone groups is 1. The summed E-state index contributed by atoms with van der Waals surface area (Å²) < 4.78 is 0. The first-order chi connectivity index (χ1) is 9.65. The highest BCUT2D eigenvalue weighted by molar-refractivity contribution is 6.31. The fourth-order valence-electron chi connectivity index (χ4n) is 1.99. The zero-order valence-corrected chi connectivity index (χ0v) is 11.1. The second-order valence-electron chi connectivity index (χ2n) is 4.28. The fourth-order valence-corrected chi connectivity index (χ4v) is 2.14. The van der Waals surface area contributed by atoms with Gasteiger partial charge in [0, 0.05) is 22.8 Å². The number of phenolic OH excluding ortho intramolecular Hbond substituents is 1. The van der Waals surface area contributed by atoms with Crippen LogP contribution in [-0.4, -0.2) is 21.7 Å². The van der Waals surface area contributed by atoms with Crippen molar-refractivity contribution < 1.29 is 9.90 Å². The number of rotatable bonds is 2. The van der Waals surface area contributed by atoms with Gasteiger partial charge in [-0.25, -0.2) is 4.98 Å². The lowest BCUT2D eigenvalue weighted by molar-refractivity contribution is -0.116. The van der Waals surface area contributed by atoms with E-state index in [2.05, 4.69) is 10.1 Å². The minimum Gasteiger partial charge on any atom is -0.507 e. The molecule has 0 aliphatic carbocycles. The van der Waals surface area contributed by atoms with Crippen LogP contribution in [0.25, 0.3) is 0 Å². The van der Waals surface area contributed by atoms with Crippen LogP contribution in [0.4, 0.5) is 5.82 Å². The molecule has 1 aliphatic heterocycles. The van der Waals surface area contributed by atoms with Crippen molar-refractivity contribution >= 4 is 29.0 Å². The van der Waals surface area contributed by atoms with Gasteiger partial charge in [0.1, 0.15) is 5.75 Å². The van der Waals surface area contributed by atoms with Gasteiger partial charge in [-0.3, -0.25) is 4.79 Å². The van der Waals surface area contributed by atoms with Crippen LogP contribution in [-0.2, 0) is 4.79 Å². The molecule has 20 heavy (non-hydrogen) atoms. The van der Waals surface area contributed by atoms with Crippen LogP contribution in [0.5, 0.6) is 5.75 Å². The maximum Gasteiger partial charge on any atom is 0.254 e. The third-order valence-corrected chi connectivity index (χ3v) is 3.15. The normalized spacial score (nSPS) is 14.6. The molecule has 0 saturated heterocycles. The molecule has 0 bridgehead atoms. The van der Waals surface area contributed by atoms with Gasteiger partial charge in [-0.05, 0) is 18.2 Å². The quantitative estimate of drug-likeness (QED) is 0.923. The number of para-hydroxylation sites is 1. The Kier molecular flexibility index (Phi) is 3.12. The van der Waals surface area contributed by atoms with Gasteiger partial charge in [0.15, 0.2) is 5.82 Å². The molecule has 6 heteroatoms. The van der Waals surface area contributed by atoms with Crippen LogP contribution >= 0.6 is 11.6 Å². The monoisotopic (exact) mass is 287 g/mol. The summed E-state index contributed by atoms with van der Waals surface area (Å²) >= 11 is 5.88. The Morgan fingerprint density at radius 2 is 2.05 bits per heavy atom. The summed E-state index contributed by atoms with van der Waals surface area (Å²) in [4.78, 5) is 16.1. The van der Waals surface area contributed by atoms with E-state index in [4.69, 9.17) is 11.6 Å². The number of phenols is 1. The van der Waals surface area contributed by atoms with Crippen molar-refractivity contribution in [3.8, 4) is 5.75 Å². The summed E-state index contributed by atoms with van der Waals surface area (Å²) in [6.07, 6.45) is 1.63. The second kappa shape index (κ2) is 4.94. The average molecular weight is 288 g/mol. The molecule has 0 saturated carbocycles. The van der Waals surface area contributed by atoms with E-state index in [1.54, 1.807) is 36.4 Å². The summed E-state index contributed by atoms with van der Waals surface area (Å²) in [5.74, 6) is 0.255. The van der Waals surface area contributed by atoms with Crippen LogP contribution in [0.15, 0.2) is 47.7 Å². The Bertz CT molecular complexity index is 715. The van der Waals surface area contributed by atoms with Crippen molar-refractivity contribution in [2.75, 3.05) is 5.01 Å². The van der Waals surface area contributed by atoms with E-state index in [9.17, 15) is 9.90 Å². The lowest BCUT2D eigenvalue weighted by Gasteiger charge is -2.09. The molecule has 0 radical (unpaired) electrons. The summed E-state index contributed by atoms with van der Waals surface area (Å²) in [7, 11) is 0. The SMILES string of the molecule is O=C1CC(c2ccccc2O)=NN1c1cc(Cl)ccn1. The zero-order valence-electron chi connectivity index (χ0n) is 10.3. The van der Waals surface area contributed by atoms with Crippen LogP contribution in [0.2, 0.25) is 5.02 Å². The van der Waals surface area contributed by atoms with Gasteiger partial charge in [-0.1, -0.05) is 23.7 Å². The Hall–Kier alpha value is -2.40. The predicted molar refractivity (Wildman–Crippen MR) is 76.0 cm³/mol. The number of nitrogens with zero attached hydrogens (tertiary/aromatic N) is 3. The highest BCUT2D eigenvalue weighted by Gasteiger charge is 2.28. The van der Waals surface area contributed by atoms with Gasteiger partial charge in [0.05, 0.1) is 12.1 Å². The Balaban J connectivity index is 1.99. The molecule has 3 rings (SSSR count). The number of aromatic hydroxyl groups is 1. The molecule has 0 spiro atoms. The number of pyridine rings is 1. The molecule has 1 aromatic heterocycles. The lowest BCUT2D eigenvalue weighted by atomic mass is 10.1. The van der Waals surface area contributed by atoms with Crippen molar-refractivity contribution in [3.63, 3.8) is 0 Å². The molecule has 1 aliphatic rings. The second-order valence-corrected chi connectivity index (χ2v) is 4.71. The number of benzene rings is 1. The lowest BCUT2D eigenvalue weighted by Crippen LogP contribution is -2.20. The maximum atomic E-state index is 12.0. The van der Waals surface area contributed by atoms with Gasteiger partial charge in [0.2, 0.25) is 0 Å². The molecule has 2 heterocycles. The van der Waals surface area contributed by atoms with Crippen LogP contribution in [0.3, 0.4) is 0 Å². The number of anilines is 1. The first-order valence-electron chi connectivity index (χ1n) is 5.95. The molecule has 0 fully saturated rings. The zero-order chi connectivity index (χ0) is 14.1. The number of halogens is 1. The minimum absolute atomic E-state index is 0.0972. The summed E-state index contributed by atoms with van der Waals surface area (Å²) in [6.45, 7) is 0. The number of hydrogen-bond acceptors (Lipinski definition) is 4. The van der Waals surface area contributed by atoms with Gasteiger partial charge >= 0.3 is 0 Å². The van der Waals surface area contributed by atoms with Gasteiger partial charge in [-0.15, -0.1) is 0 Å². The van der Waals surface area contributed by atoms with E-state index in [0.717, 1.165) is 0 Å². The standard InChI is InChI=1S/C14H10ClN3O2/c15-9-5-6-16-13(7-9)18-14(20)8-11(17-18)10-3-1-2-4-12(10)19/h1-7,19H,8H2. The van der Waals surface area contributed by atoms with E-state index >= 15 is 0 Å². The van der Waals surface area contributed by atoms with Crippen LogP contribution in [0.1, 0.15) is 12.0 Å². The topological polar surface area (TPSA) is 65.8 Å². The van der Waals surface area contributed by atoms with E-state index < -0.39 is 0 Å². The number of aromatic nitrogens is 1. The summed E-state index contributed by atoms with van der Waals surface area (Å²) in [6, 6.07) is 9.96. The molecule has 0 atom stereocenters. The van der Waals surface area contributed by atoms with E-state index in [-0.39, 0.29) is 18.1 Å². The van der Waals surface area contributed by atoms with E-state index in [1.807, 2.05) is 0 Å². The highest BCUT2D eigenvalue weighted by Crippen LogP contribution is 2.26. The molecular formula is C14H10ClN3O2. The predicted octanol–water partition coefficient (Wildman–Crippen LogP) is 2.58. The van der Waals surface area contributed by atoms with Gasteiger partial charge in [-0.2, -0.15) is 10.1 Å². The van der Waals surface area contributed by atoms with Crippen molar-refractivity contribution in [1.82, 2.24) is 4.98 Å².